The maximum atomic E-state index is 13.1. The lowest BCUT2D eigenvalue weighted by Gasteiger charge is -2.21. The second kappa shape index (κ2) is 7.17. The minimum atomic E-state index is -0.438. The minimum Gasteiger partial charge on any atom is -0.324 e. The van der Waals surface area contributed by atoms with E-state index in [1.165, 1.54) is 30.0 Å². The summed E-state index contributed by atoms with van der Waals surface area (Å²) in [5.41, 5.74) is 0.949. The molecule has 0 radical (unpaired) electrons. The summed E-state index contributed by atoms with van der Waals surface area (Å²) < 4.78 is 13.8. The Morgan fingerprint density at radius 1 is 1.18 bits per heavy atom. The third-order valence-corrected chi connectivity index (χ3v) is 3.60. The van der Waals surface area contributed by atoms with E-state index in [1.54, 1.807) is 24.3 Å². The van der Waals surface area contributed by atoms with E-state index in [-0.39, 0.29) is 12.5 Å². The van der Waals surface area contributed by atoms with Crippen LogP contribution in [0, 0.1) is 5.82 Å². The molecule has 2 aromatic carbocycles. The number of nitrogens with one attached hydrogen (secondary N) is 1. The predicted octanol–water partition coefficient (Wildman–Crippen LogP) is 3.58. The monoisotopic (exact) mass is 364 g/mol. The summed E-state index contributed by atoms with van der Waals surface area (Å²) in [5.74, 6) is -1.11. The SMILES string of the molecule is CC(=O)N(CC(=O)Nc1cccc(F)c1)c1ccccc1Br. The summed E-state index contributed by atoms with van der Waals surface area (Å²) in [4.78, 5) is 25.2. The number of hydrogen-bond acceptors (Lipinski definition) is 2. The van der Waals surface area contributed by atoms with Gasteiger partial charge in [0.05, 0.1) is 5.69 Å². The molecule has 0 unspecified atom stereocenters. The van der Waals surface area contributed by atoms with Gasteiger partial charge in [-0.25, -0.2) is 4.39 Å². The Balaban J connectivity index is 2.13. The molecule has 0 aliphatic heterocycles. The molecular formula is C16H14BrFN2O2. The van der Waals surface area contributed by atoms with Crippen molar-refractivity contribution in [1.82, 2.24) is 0 Å². The summed E-state index contributed by atoms with van der Waals surface area (Å²) in [7, 11) is 0. The molecule has 0 bridgehead atoms. The smallest absolute Gasteiger partial charge is 0.244 e. The molecule has 0 heterocycles. The van der Waals surface area contributed by atoms with Crippen LogP contribution in [0.2, 0.25) is 0 Å². The third-order valence-electron chi connectivity index (χ3n) is 2.93. The van der Waals surface area contributed by atoms with Crippen LogP contribution in [-0.2, 0) is 9.59 Å². The molecule has 2 amide bonds. The predicted molar refractivity (Wildman–Crippen MR) is 87.2 cm³/mol. The molecule has 0 fully saturated rings. The lowest BCUT2D eigenvalue weighted by atomic mass is 10.2. The van der Waals surface area contributed by atoms with E-state index < -0.39 is 11.7 Å². The van der Waals surface area contributed by atoms with Crippen molar-refractivity contribution in [1.29, 1.82) is 0 Å². The van der Waals surface area contributed by atoms with Gasteiger partial charge in [0.25, 0.3) is 0 Å². The number of amides is 2. The van der Waals surface area contributed by atoms with E-state index in [4.69, 9.17) is 0 Å². The molecule has 6 heteroatoms. The number of nitrogens with zero attached hydrogens (tertiary/aromatic N) is 1. The van der Waals surface area contributed by atoms with Gasteiger partial charge in [0.1, 0.15) is 12.4 Å². The maximum absolute atomic E-state index is 13.1. The summed E-state index contributed by atoms with van der Waals surface area (Å²) in [5, 5.41) is 2.57. The Labute approximate surface area is 136 Å². The zero-order chi connectivity index (χ0) is 16.1. The Morgan fingerprint density at radius 2 is 1.91 bits per heavy atom. The number of benzene rings is 2. The zero-order valence-electron chi connectivity index (χ0n) is 11.8. The van der Waals surface area contributed by atoms with Crippen molar-refractivity contribution < 1.29 is 14.0 Å². The number of hydrogen-bond donors (Lipinski definition) is 1. The van der Waals surface area contributed by atoms with Crippen molar-refractivity contribution in [2.75, 3.05) is 16.8 Å². The van der Waals surface area contributed by atoms with Crippen LogP contribution in [-0.4, -0.2) is 18.4 Å². The fourth-order valence-electron chi connectivity index (χ4n) is 1.95. The van der Waals surface area contributed by atoms with Gasteiger partial charge in [0, 0.05) is 17.1 Å². The van der Waals surface area contributed by atoms with Crippen molar-refractivity contribution in [2.24, 2.45) is 0 Å². The molecule has 0 aliphatic carbocycles. The lowest BCUT2D eigenvalue weighted by Crippen LogP contribution is -2.36. The third kappa shape index (κ3) is 4.14. The van der Waals surface area contributed by atoms with Crippen molar-refractivity contribution in [2.45, 2.75) is 6.92 Å². The highest BCUT2D eigenvalue weighted by atomic mass is 79.9. The standard InChI is InChI=1S/C16H14BrFN2O2/c1-11(21)20(15-8-3-2-7-14(15)17)10-16(22)19-13-6-4-5-12(18)9-13/h2-9H,10H2,1H3,(H,19,22). The van der Waals surface area contributed by atoms with Gasteiger partial charge in [-0.05, 0) is 46.3 Å². The van der Waals surface area contributed by atoms with Gasteiger partial charge in [-0.15, -0.1) is 0 Å². The van der Waals surface area contributed by atoms with Crippen LogP contribution in [0.25, 0.3) is 0 Å². The van der Waals surface area contributed by atoms with Gasteiger partial charge in [0.2, 0.25) is 11.8 Å². The van der Waals surface area contributed by atoms with Crippen molar-refractivity contribution in [3.63, 3.8) is 0 Å². The number of halogens is 2. The Hall–Kier alpha value is -2.21. The van der Waals surface area contributed by atoms with Crippen LogP contribution in [0.15, 0.2) is 53.0 Å². The first-order valence-electron chi connectivity index (χ1n) is 6.55. The maximum Gasteiger partial charge on any atom is 0.244 e. The normalized spacial score (nSPS) is 10.1. The van der Waals surface area contributed by atoms with E-state index in [0.717, 1.165) is 0 Å². The van der Waals surface area contributed by atoms with Crippen molar-refractivity contribution in [3.05, 3.63) is 58.8 Å². The van der Waals surface area contributed by atoms with Crippen LogP contribution in [0.4, 0.5) is 15.8 Å². The molecule has 114 valence electrons. The number of para-hydroxylation sites is 1. The first-order chi connectivity index (χ1) is 10.5. The average molecular weight is 365 g/mol. The highest BCUT2D eigenvalue weighted by Crippen LogP contribution is 2.25. The van der Waals surface area contributed by atoms with E-state index in [2.05, 4.69) is 21.2 Å². The van der Waals surface area contributed by atoms with Gasteiger partial charge in [0.15, 0.2) is 0 Å². The Morgan fingerprint density at radius 3 is 2.55 bits per heavy atom. The highest BCUT2D eigenvalue weighted by molar-refractivity contribution is 9.10. The average Bonchev–Trinajstić information content (AvgIpc) is 2.45. The summed E-state index contributed by atoms with van der Waals surface area (Å²) in [6.45, 7) is 1.23. The van der Waals surface area contributed by atoms with Crippen LogP contribution >= 0.6 is 15.9 Å². The van der Waals surface area contributed by atoms with E-state index in [9.17, 15) is 14.0 Å². The van der Waals surface area contributed by atoms with Gasteiger partial charge < -0.3 is 10.2 Å². The van der Waals surface area contributed by atoms with Crippen molar-refractivity contribution in [3.8, 4) is 0 Å². The second-order valence-electron chi connectivity index (χ2n) is 4.62. The molecule has 4 nitrogen and oxygen atoms in total. The molecule has 0 saturated heterocycles. The first kappa shape index (κ1) is 16.2. The molecule has 22 heavy (non-hydrogen) atoms. The molecule has 1 N–H and O–H groups in total. The topological polar surface area (TPSA) is 49.4 Å². The largest absolute Gasteiger partial charge is 0.324 e. The molecular weight excluding hydrogens is 351 g/mol. The van der Waals surface area contributed by atoms with E-state index >= 15 is 0 Å². The fraction of sp³-hybridized carbons (Fsp3) is 0.125. The van der Waals surface area contributed by atoms with Gasteiger partial charge in [-0.2, -0.15) is 0 Å². The zero-order valence-corrected chi connectivity index (χ0v) is 13.4. The molecule has 0 spiro atoms. The quantitative estimate of drug-likeness (QED) is 0.901. The highest BCUT2D eigenvalue weighted by Gasteiger charge is 2.18. The molecule has 0 saturated carbocycles. The van der Waals surface area contributed by atoms with E-state index in [0.29, 0.717) is 15.8 Å². The lowest BCUT2D eigenvalue weighted by molar-refractivity contribution is -0.120. The van der Waals surface area contributed by atoms with Gasteiger partial charge in [-0.3, -0.25) is 9.59 Å². The van der Waals surface area contributed by atoms with Gasteiger partial charge >= 0.3 is 0 Å². The number of rotatable bonds is 4. The van der Waals surface area contributed by atoms with Crippen molar-refractivity contribution >= 4 is 39.1 Å². The first-order valence-corrected chi connectivity index (χ1v) is 7.34. The van der Waals surface area contributed by atoms with Crippen LogP contribution < -0.4 is 10.2 Å². The Bertz CT molecular complexity index is 706. The Kier molecular flexibility index (Phi) is 5.27. The van der Waals surface area contributed by atoms with Gasteiger partial charge in [-0.1, -0.05) is 18.2 Å². The fourth-order valence-corrected chi connectivity index (χ4v) is 2.45. The van der Waals surface area contributed by atoms with E-state index in [1.807, 2.05) is 6.07 Å². The minimum absolute atomic E-state index is 0.158. The molecule has 2 aromatic rings. The number of anilines is 2. The molecule has 0 aromatic heterocycles. The summed E-state index contributed by atoms with van der Waals surface area (Å²) in [6, 6.07) is 12.7. The number of carbonyl (C=O) groups is 2. The molecule has 0 atom stereocenters. The van der Waals surface area contributed by atoms with Crippen LogP contribution in [0.1, 0.15) is 6.92 Å². The summed E-state index contributed by atoms with van der Waals surface area (Å²) >= 11 is 3.36. The summed E-state index contributed by atoms with van der Waals surface area (Å²) in [6.07, 6.45) is 0. The number of carbonyl (C=O) groups excluding carboxylic acids is 2. The van der Waals surface area contributed by atoms with Crippen LogP contribution in [0.3, 0.4) is 0 Å². The van der Waals surface area contributed by atoms with Crippen LogP contribution in [0.5, 0.6) is 0 Å². The molecule has 0 aliphatic rings. The molecule has 2 rings (SSSR count). The second-order valence-corrected chi connectivity index (χ2v) is 5.47.